The van der Waals surface area contributed by atoms with Crippen molar-refractivity contribution in [2.75, 3.05) is 0 Å². The van der Waals surface area contributed by atoms with Crippen LogP contribution in [0.3, 0.4) is 0 Å². The Morgan fingerprint density at radius 2 is 2.14 bits per heavy atom. The molecule has 1 aliphatic carbocycles. The van der Waals surface area contributed by atoms with Gasteiger partial charge in [0.2, 0.25) is 5.91 Å². The summed E-state index contributed by atoms with van der Waals surface area (Å²) in [6, 6.07) is 0.389. The van der Waals surface area contributed by atoms with Crippen molar-refractivity contribution in [2.24, 2.45) is 11.7 Å². The van der Waals surface area contributed by atoms with Gasteiger partial charge in [-0.15, -0.1) is 0 Å². The first-order valence-corrected chi connectivity index (χ1v) is 5.45. The van der Waals surface area contributed by atoms with Crippen LogP contribution in [-0.4, -0.2) is 17.5 Å². The summed E-state index contributed by atoms with van der Waals surface area (Å²) >= 11 is 0. The van der Waals surface area contributed by atoms with Crippen molar-refractivity contribution < 1.29 is 4.79 Å². The standard InChI is InChI=1S/C11H22N2O/c1-8-4-5-9(6-8)13-10(14)7-11(2,3)12/h8-9H,4-7,12H2,1-3H3,(H,13,14). The monoisotopic (exact) mass is 198 g/mol. The molecular weight excluding hydrogens is 176 g/mol. The number of nitrogens with one attached hydrogen (secondary N) is 1. The van der Waals surface area contributed by atoms with E-state index in [-0.39, 0.29) is 5.91 Å². The van der Waals surface area contributed by atoms with Gasteiger partial charge in [-0.25, -0.2) is 0 Å². The van der Waals surface area contributed by atoms with E-state index in [1.54, 1.807) is 0 Å². The van der Waals surface area contributed by atoms with Gasteiger partial charge in [0.1, 0.15) is 0 Å². The Morgan fingerprint density at radius 1 is 1.50 bits per heavy atom. The third-order valence-electron chi connectivity index (χ3n) is 2.68. The fourth-order valence-corrected chi connectivity index (χ4v) is 2.03. The highest BCUT2D eigenvalue weighted by Gasteiger charge is 2.24. The molecule has 14 heavy (non-hydrogen) atoms. The SMILES string of the molecule is CC1CCC(NC(=O)CC(C)(C)N)C1. The molecule has 0 bridgehead atoms. The molecule has 0 radical (unpaired) electrons. The fraction of sp³-hybridized carbons (Fsp3) is 0.909. The van der Waals surface area contributed by atoms with Gasteiger partial charge in [-0.2, -0.15) is 0 Å². The first-order chi connectivity index (χ1) is 6.37. The number of rotatable bonds is 3. The number of carbonyl (C=O) groups is 1. The molecule has 0 spiro atoms. The Hall–Kier alpha value is -0.570. The van der Waals surface area contributed by atoms with Crippen LogP contribution in [-0.2, 0) is 4.79 Å². The van der Waals surface area contributed by atoms with E-state index in [9.17, 15) is 4.79 Å². The number of nitrogens with two attached hydrogens (primary N) is 1. The molecule has 1 fully saturated rings. The summed E-state index contributed by atoms with van der Waals surface area (Å²) in [5.41, 5.74) is 5.38. The highest BCUT2D eigenvalue weighted by Crippen LogP contribution is 2.24. The van der Waals surface area contributed by atoms with Crippen molar-refractivity contribution in [3.05, 3.63) is 0 Å². The van der Waals surface area contributed by atoms with Crippen molar-refractivity contribution in [3.63, 3.8) is 0 Å². The van der Waals surface area contributed by atoms with Gasteiger partial charge in [0.25, 0.3) is 0 Å². The predicted octanol–water partition coefficient (Wildman–Crippen LogP) is 1.42. The maximum Gasteiger partial charge on any atom is 0.222 e. The predicted molar refractivity (Wildman–Crippen MR) is 57.8 cm³/mol. The van der Waals surface area contributed by atoms with E-state index in [1.807, 2.05) is 13.8 Å². The molecule has 0 aliphatic heterocycles. The van der Waals surface area contributed by atoms with Crippen LogP contribution in [0.15, 0.2) is 0 Å². The Morgan fingerprint density at radius 3 is 2.57 bits per heavy atom. The highest BCUT2D eigenvalue weighted by atomic mass is 16.1. The van der Waals surface area contributed by atoms with Crippen molar-refractivity contribution in [1.82, 2.24) is 5.32 Å². The van der Waals surface area contributed by atoms with Crippen molar-refractivity contribution in [2.45, 2.75) is 58.0 Å². The van der Waals surface area contributed by atoms with E-state index in [0.717, 1.165) is 18.8 Å². The molecule has 0 aromatic heterocycles. The van der Waals surface area contributed by atoms with Crippen molar-refractivity contribution in [3.8, 4) is 0 Å². The second-order valence-electron chi connectivity index (χ2n) is 5.35. The number of amides is 1. The molecule has 1 aliphatic rings. The topological polar surface area (TPSA) is 55.1 Å². The van der Waals surface area contributed by atoms with Crippen LogP contribution in [0.25, 0.3) is 0 Å². The molecule has 3 N–H and O–H groups in total. The van der Waals surface area contributed by atoms with Crippen LogP contribution in [0, 0.1) is 5.92 Å². The molecule has 1 saturated carbocycles. The normalized spacial score (nSPS) is 27.7. The summed E-state index contributed by atoms with van der Waals surface area (Å²) in [6.07, 6.45) is 3.89. The second kappa shape index (κ2) is 4.30. The van der Waals surface area contributed by atoms with E-state index in [4.69, 9.17) is 5.73 Å². The van der Waals surface area contributed by atoms with Crippen molar-refractivity contribution in [1.29, 1.82) is 0 Å². The molecule has 82 valence electrons. The third-order valence-corrected chi connectivity index (χ3v) is 2.68. The maximum absolute atomic E-state index is 11.5. The summed E-state index contributed by atoms with van der Waals surface area (Å²) in [4.78, 5) is 11.5. The first kappa shape index (κ1) is 11.5. The van der Waals surface area contributed by atoms with Gasteiger partial charge in [-0.1, -0.05) is 6.92 Å². The summed E-state index contributed by atoms with van der Waals surface area (Å²) in [6.45, 7) is 5.99. The number of carbonyl (C=O) groups excluding carboxylic acids is 1. The Balaban J connectivity index is 2.27. The van der Waals surface area contributed by atoms with E-state index < -0.39 is 5.54 Å². The molecule has 1 amide bonds. The van der Waals surface area contributed by atoms with Crippen LogP contribution < -0.4 is 11.1 Å². The van der Waals surface area contributed by atoms with Crippen LogP contribution in [0.1, 0.15) is 46.5 Å². The van der Waals surface area contributed by atoms with Gasteiger partial charge in [0.05, 0.1) is 0 Å². The summed E-state index contributed by atoms with van der Waals surface area (Å²) in [5, 5.41) is 3.05. The van der Waals surface area contributed by atoms with Gasteiger partial charge in [-0.3, -0.25) is 4.79 Å². The van der Waals surface area contributed by atoms with Crippen LogP contribution >= 0.6 is 0 Å². The number of hydrogen-bond acceptors (Lipinski definition) is 2. The Labute approximate surface area is 86.4 Å². The number of hydrogen-bond donors (Lipinski definition) is 2. The lowest BCUT2D eigenvalue weighted by Crippen LogP contribution is -2.41. The van der Waals surface area contributed by atoms with Gasteiger partial charge in [0.15, 0.2) is 0 Å². The zero-order chi connectivity index (χ0) is 10.8. The van der Waals surface area contributed by atoms with E-state index in [1.165, 1.54) is 6.42 Å². The summed E-state index contributed by atoms with van der Waals surface area (Å²) in [5.74, 6) is 0.850. The quantitative estimate of drug-likeness (QED) is 0.720. The fourth-order valence-electron chi connectivity index (χ4n) is 2.03. The highest BCUT2D eigenvalue weighted by molar-refractivity contribution is 5.77. The van der Waals surface area contributed by atoms with Crippen LogP contribution in [0.2, 0.25) is 0 Å². The lowest BCUT2D eigenvalue weighted by Gasteiger charge is -2.19. The zero-order valence-electron chi connectivity index (χ0n) is 9.47. The molecular formula is C11H22N2O. The maximum atomic E-state index is 11.5. The minimum atomic E-state index is -0.395. The molecule has 3 heteroatoms. The van der Waals surface area contributed by atoms with Gasteiger partial charge in [-0.05, 0) is 39.0 Å². The van der Waals surface area contributed by atoms with Crippen LogP contribution in [0.5, 0.6) is 0 Å². The molecule has 3 nitrogen and oxygen atoms in total. The molecule has 1 rings (SSSR count). The van der Waals surface area contributed by atoms with Crippen LogP contribution in [0.4, 0.5) is 0 Å². The van der Waals surface area contributed by atoms with Gasteiger partial charge >= 0.3 is 0 Å². The van der Waals surface area contributed by atoms with E-state index in [2.05, 4.69) is 12.2 Å². The zero-order valence-corrected chi connectivity index (χ0v) is 9.47. The van der Waals surface area contributed by atoms with E-state index >= 15 is 0 Å². The molecule has 0 saturated heterocycles. The third kappa shape index (κ3) is 4.09. The molecule has 0 heterocycles. The smallest absolute Gasteiger partial charge is 0.222 e. The molecule has 2 unspecified atom stereocenters. The molecule has 0 aromatic rings. The van der Waals surface area contributed by atoms with Gasteiger partial charge in [0, 0.05) is 18.0 Å². The van der Waals surface area contributed by atoms with Crippen molar-refractivity contribution >= 4 is 5.91 Å². The Bertz CT molecular complexity index is 208. The van der Waals surface area contributed by atoms with Gasteiger partial charge < -0.3 is 11.1 Å². The minimum Gasteiger partial charge on any atom is -0.353 e. The average Bonchev–Trinajstić information content (AvgIpc) is 2.30. The largest absolute Gasteiger partial charge is 0.353 e. The van der Waals surface area contributed by atoms with E-state index in [0.29, 0.717) is 12.5 Å². The summed E-state index contributed by atoms with van der Waals surface area (Å²) < 4.78 is 0. The Kier molecular flexibility index (Phi) is 3.53. The second-order valence-corrected chi connectivity index (χ2v) is 5.35. The summed E-state index contributed by atoms with van der Waals surface area (Å²) in [7, 11) is 0. The molecule has 0 aromatic carbocycles. The average molecular weight is 198 g/mol. The lowest BCUT2D eigenvalue weighted by molar-refractivity contribution is -0.122. The molecule has 2 atom stereocenters. The lowest BCUT2D eigenvalue weighted by atomic mass is 10.0. The first-order valence-electron chi connectivity index (χ1n) is 5.45. The minimum absolute atomic E-state index is 0.0941.